The van der Waals surface area contributed by atoms with Crippen molar-refractivity contribution in [3.8, 4) is 17.1 Å². The van der Waals surface area contributed by atoms with E-state index in [-0.39, 0.29) is 4.84 Å². The number of benzene rings is 1. The molecule has 4 nitrogen and oxygen atoms in total. The molecule has 0 unspecified atom stereocenters. The fraction of sp³-hybridized carbons (Fsp3) is 0.111. The van der Waals surface area contributed by atoms with Crippen LogP contribution in [0.3, 0.4) is 0 Å². The van der Waals surface area contributed by atoms with E-state index < -0.39 is 0 Å². The van der Waals surface area contributed by atoms with E-state index in [1.54, 1.807) is 7.11 Å². The number of halogens is 1. The molecule has 6 heteroatoms. The summed E-state index contributed by atoms with van der Waals surface area (Å²) >= 11 is 8.16. The fourth-order valence-corrected chi connectivity index (χ4v) is 1.84. The molecule has 1 aromatic carbocycles. The normalized spacial score (nSPS) is 10.3. The topological polar surface area (TPSA) is 51.1 Å². The number of nitrogens with zero attached hydrogens (tertiary/aromatic N) is 1. The highest BCUT2D eigenvalue weighted by atomic mass is 79.9. The van der Waals surface area contributed by atoms with Crippen molar-refractivity contribution in [1.29, 1.82) is 0 Å². The van der Waals surface area contributed by atoms with Crippen molar-refractivity contribution >= 4 is 28.1 Å². The van der Waals surface area contributed by atoms with Crippen molar-refractivity contribution in [1.82, 2.24) is 10.1 Å². The minimum atomic E-state index is 0.192. The molecule has 0 saturated carbocycles. The van der Waals surface area contributed by atoms with Crippen molar-refractivity contribution in [2.75, 3.05) is 7.11 Å². The van der Waals surface area contributed by atoms with Crippen LogP contribution in [0.25, 0.3) is 11.4 Å². The van der Waals surface area contributed by atoms with E-state index in [0.717, 1.165) is 15.8 Å². The monoisotopic (exact) mass is 286 g/mol. The zero-order valence-corrected chi connectivity index (χ0v) is 10.2. The van der Waals surface area contributed by atoms with Gasteiger partial charge in [-0.3, -0.25) is 0 Å². The first-order valence-electron chi connectivity index (χ1n) is 4.10. The van der Waals surface area contributed by atoms with Crippen molar-refractivity contribution in [2.24, 2.45) is 0 Å². The van der Waals surface area contributed by atoms with Gasteiger partial charge in [-0.15, -0.1) is 0 Å². The molecule has 78 valence electrons. The predicted octanol–water partition coefficient (Wildman–Crippen LogP) is 3.17. The zero-order valence-electron chi connectivity index (χ0n) is 7.78. The summed E-state index contributed by atoms with van der Waals surface area (Å²) in [4.78, 5) is 4.20. The first kappa shape index (κ1) is 10.4. The molecule has 0 aliphatic heterocycles. The van der Waals surface area contributed by atoms with Crippen LogP contribution >= 0.6 is 28.1 Å². The van der Waals surface area contributed by atoms with E-state index in [4.69, 9.17) is 21.5 Å². The summed E-state index contributed by atoms with van der Waals surface area (Å²) in [6.07, 6.45) is 0. The van der Waals surface area contributed by atoms with Gasteiger partial charge < -0.3 is 9.26 Å². The number of nitrogens with one attached hydrogen (secondary N) is 1. The molecule has 0 amide bonds. The van der Waals surface area contributed by atoms with Gasteiger partial charge in [0.05, 0.1) is 11.6 Å². The Kier molecular flexibility index (Phi) is 2.88. The van der Waals surface area contributed by atoms with Gasteiger partial charge >= 0.3 is 4.84 Å². The molecule has 1 heterocycles. The van der Waals surface area contributed by atoms with Gasteiger partial charge in [-0.2, -0.15) is 4.98 Å². The quantitative estimate of drug-likeness (QED) is 0.862. The van der Waals surface area contributed by atoms with Gasteiger partial charge in [0, 0.05) is 5.56 Å². The molecule has 0 spiro atoms. The first-order chi connectivity index (χ1) is 7.20. The number of H-pyrrole nitrogens is 1. The highest BCUT2D eigenvalue weighted by molar-refractivity contribution is 9.10. The van der Waals surface area contributed by atoms with Gasteiger partial charge in [0.15, 0.2) is 5.82 Å². The number of methoxy groups -OCH3 is 1. The Balaban J connectivity index is 2.46. The molecule has 1 N–H and O–H groups in total. The Bertz CT molecular complexity index is 535. The van der Waals surface area contributed by atoms with E-state index in [1.807, 2.05) is 18.2 Å². The molecule has 0 aliphatic rings. The maximum Gasteiger partial charge on any atom is 0.314 e. The second-order valence-corrected chi connectivity index (χ2v) is 3.98. The van der Waals surface area contributed by atoms with Crippen molar-refractivity contribution in [3.05, 3.63) is 27.5 Å². The molecule has 2 rings (SSSR count). The third kappa shape index (κ3) is 2.10. The average Bonchev–Trinajstić information content (AvgIpc) is 2.65. The third-order valence-corrected chi connectivity index (χ3v) is 2.66. The van der Waals surface area contributed by atoms with Crippen LogP contribution in [-0.4, -0.2) is 17.3 Å². The Morgan fingerprint density at radius 1 is 1.53 bits per heavy atom. The summed E-state index contributed by atoms with van der Waals surface area (Å²) in [5.41, 5.74) is 0.877. The molecule has 15 heavy (non-hydrogen) atoms. The summed E-state index contributed by atoms with van der Waals surface area (Å²) in [5.74, 6) is 1.36. The molecule has 0 atom stereocenters. The lowest BCUT2D eigenvalue weighted by Crippen LogP contribution is -1.86. The van der Waals surface area contributed by atoms with Crippen LogP contribution in [0.5, 0.6) is 5.75 Å². The second-order valence-electron chi connectivity index (χ2n) is 2.78. The number of rotatable bonds is 2. The smallest absolute Gasteiger partial charge is 0.314 e. The molecule has 0 aliphatic carbocycles. The summed E-state index contributed by atoms with van der Waals surface area (Å²) < 4.78 is 10.8. The van der Waals surface area contributed by atoms with Crippen LogP contribution in [0.15, 0.2) is 27.2 Å². The highest BCUT2D eigenvalue weighted by Crippen LogP contribution is 2.28. The molecule has 0 saturated heterocycles. The number of aromatic nitrogens is 2. The van der Waals surface area contributed by atoms with Crippen LogP contribution in [0, 0.1) is 4.84 Å². The zero-order chi connectivity index (χ0) is 10.8. The molecule has 0 fully saturated rings. The van der Waals surface area contributed by atoms with Gasteiger partial charge in [-0.25, -0.2) is 5.16 Å². The van der Waals surface area contributed by atoms with Crippen LogP contribution in [-0.2, 0) is 0 Å². The van der Waals surface area contributed by atoms with Gasteiger partial charge in [0.2, 0.25) is 0 Å². The maximum absolute atomic E-state index is 5.12. The Morgan fingerprint density at radius 2 is 2.33 bits per heavy atom. The standard InChI is InChI=1S/C9H7BrN2O2S/c1-13-7-3-2-5(4-6(7)10)8-11-9(15)14-12-8/h2-4H,1H3,(H,11,12,15). The summed E-state index contributed by atoms with van der Waals surface area (Å²) in [5, 5.41) is 2.63. The Morgan fingerprint density at radius 3 is 2.87 bits per heavy atom. The molecule has 2 aromatic rings. The van der Waals surface area contributed by atoms with E-state index >= 15 is 0 Å². The average molecular weight is 287 g/mol. The number of hydrogen-bond donors (Lipinski definition) is 1. The van der Waals surface area contributed by atoms with Gasteiger partial charge in [0.1, 0.15) is 5.75 Å². The van der Waals surface area contributed by atoms with Crippen LogP contribution in [0.1, 0.15) is 0 Å². The Labute approximate surface area is 99.4 Å². The van der Waals surface area contributed by atoms with E-state index in [2.05, 4.69) is 26.1 Å². The SMILES string of the molecule is COc1ccc(-c2nc(=S)o[nH]2)cc1Br. The van der Waals surface area contributed by atoms with Crippen LogP contribution in [0.4, 0.5) is 0 Å². The third-order valence-electron chi connectivity index (χ3n) is 1.86. The summed E-state index contributed by atoms with van der Waals surface area (Å²) in [6, 6.07) is 5.58. The maximum atomic E-state index is 5.12. The van der Waals surface area contributed by atoms with E-state index in [9.17, 15) is 0 Å². The lowest BCUT2D eigenvalue weighted by Gasteiger charge is -2.03. The number of aromatic amines is 1. The van der Waals surface area contributed by atoms with E-state index in [1.165, 1.54) is 0 Å². The van der Waals surface area contributed by atoms with Crippen LogP contribution in [0.2, 0.25) is 0 Å². The molecule has 1 aromatic heterocycles. The lowest BCUT2D eigenvalue weighted by molar-refractivity contribution is 0.406. The summed E-state index contributed by atoms with van der Waals surface area (Å²) in [6.45, 7) is 0. The number of hydrogen-bond acceptors (Lipinski definition) is 4. The fourth-order valence-electron chi connectivity index (χ4n) is 1.17. The van der Waals surface area contributed by atoms with Gasteiger partial charge in [-0.1, -0.05) is 0 Å². The van der Waals surface area contributed by atoms with Crippen LogP contribution < -0.4 is 4.74 Å². The van der Waals surface area contributed by atoms with Crippen molar-refractivity contribution in [3.63, 3.8) is 0 Å². The molecule has 0 radical (unpaired) electrons. The minimum Gasteiger partial charge on any atom is -0.496 e. The molecular formula is C9H7BrN2O2S. The largest absolute Gasteiger partial charge is 0.496 e. The van der Waals surface area contributed by atoms with Gasteiger partial charge in [-0.05, 0) is 46.3 Å². The molecule has 0 bridgehead atoms. The summed E-state index contributed by atoms with van der Waals surface area (Å²) in [7, 11) is 1.61. The number of ether oxygens (including phenoxy) is 1. The first-order valence-corrected chi connectivity index (χ1v) is 5.30. The minimum absolute atomic E-state index is 0.192. The van der Waals surface area contributed by atoms with Crippen molar-refractivity contribution < 1.29 is 9.26 Å². The van der Waals surface area contributed by atoms with E-state index in [0.29, 0.717) is 5.82 Å². The second kappa shape index (κ2) is 4.16. The molecular weight excluding hydrogens is 280 g/mol. The Hall–Kier alpha value is -1.14. The van der Waals surface area contributed by atoms with Gasteiger partial charge in [0.25, 0.3) is 0 Å². The predicted molar refractivity (Wildman–Crippen MR) is 61.4 cm³/mol. The van der Waals surface area contributed by atoms with Crippen molar-refractivity contribution in [2.45, 2.75) is 0 Å². The lowest BCUT2D eigenvalue weighted by atomic mass is 10.2. The highest BCUT2D eigenvalue weighted by Gasteiger charge is 2.06.